The molecular formula is C32H30BrN3O3. The van der Waals surface area contributed by atoms with Gasteiger partial charge in [0.25, 0.3) is 5.91 Å². The third kappa shape index (κ3) is 5.73. The number of nitrogens with zero attached hydrogens (tertiary/aromatic N) is 2. The van der Waals surface area contributed by atoms with Crippen LogP contribution in [0.4, 0.5) is 5.69 Å². The molecule has 198 valence electrons. The topological polar surface area (TPSA) is 69.7 Å². The van der Waals surface area contributed by atoms with Crippen LogP contribution in [0.3, 0.4) is 0 Å². The van der Waals surface area contributed by atoms with E-state index in [1.807, 2.05) is 91.9 Å². The van der Waals surface area contributed by atoms with Crippen molar-refractivity contribution in [3.05, 3.63) is 112 Å². The summed E-state index contributed by atoms with van der Waals surface area (Å²) >= 11 is 3.52. The Hall–Kier alpha value is -3.97. The summed E-state index contributed by atoms with van der Waals surface area (Å²) in [5.74, 6) is -0.699. The normalized spacial score (nSPS) is 13.0. The summed E-state index contributed by atoms with van der Waals surface area (Å²) in [6.07, 6.45) is 1.15. The summed E-state index contributed by atoms with van der Waals surface area (Å²) < 4.78 is 0.888. The van der Waals surface area contributed by atoms with Gasteiger partial charge in [-0.2, -0.15) is 0 Å². The Balaban J connectivity index is 1.50. The van der Waals surface area contributed by atoms with E-state index in [4.69, 9.17) is 0 Å². The molecule has 1 aliphatic heterocycles. The van der Waals surface area contributed by atoms with Gasteiger partial charge in [-0.05, 0) is 47.2 Å². The molecule has 39 heavy (non-hydrogen) atoms. The predicted molar refractivity (Wildman–Crippen MR) is 158 cm³/mol. The molecule has 1 atom stereocenters. The lowest BCUT2D eigenvalue weighted by atomic mass is 10.0. The fraction of sp³-hybridized carbons (Fsp3) is 0.219. The summed E-state index contributed by atoms with van der Waals surface area (Å²) in [4.78, 5) is 44.3. The standard InChI is InChI=1S/C32H30BrN3O3/c1-2-17-34-31(38)28(19-22-9-4-3-5-10-22)35(20-23-11-6-14-25(33)18-23)29(37)21-36-27-16-8-13-24-12-7-15-26(30(24)27)32(36)39/h3-16,18,28H,2,17,19-21H2,1H3,(H,34,38)/t28-/m0/s1. The number of amides is 3. The minimum absolute atomic E-state index is 0.160. The van der Waals surface area contributed by atoms with Gasteiger partial charge in [0.1, 0.15) is 12.6 Å². The van der Waals surface area contributed by atoms with Crippen LogP contribution >= 0.6 is 15.9 Å². The van der Waals surface area contributed by atoms with Crippen molar-refractivity contribution in [1.82, 2.24) is 10.2 Å². The van der Waals surface area contributed by atoms with Gasteiger partial charge in [-0.3, -0.25) is 19.3 Å². The largest absolute Gasteiger partial charge is 0.354 e. The molecule has 0 radical (unpaired) electrons. The molecule has 0 aromatic heterocycles. The van der Waals surface area contributed by atoms with Crippen molar-refractivity contribution < 1.29 is 14.4 Å². The van der Waals surface area contributed by atoms with Crippen molar-refractivity contribution in [2.24, 2.45) is 0 Å². The Morgan fingerprint density at radius 2 is 1.64 bits per heavy atom. The maximum Gasteiger partial charge on any atom is 0.259 e. The zero-order valence-electron chi connectivity index (χ0n) is 21.8. The number of halogens is 1. The van der Waals surface area contributed by atoms with E-state index in [1.165, 1.54) is 4.90 Å². The molecule has 0 spiro atoms. The summed E-state index contributed by atoms with van der Waals surface area (Å²) in [5, 5.41) is 4.81. The van der Waals surface area contributed by atoms with Gasteiger partial charge in [0.15, 0.2) is 0 Å². The number of nitrogens with one attached hydrogen (secondary N) is 1. The molecule has 0 unspecified atom stereocenters. The highest BCUT2D eigenvalue weighted by atomic mass is 79.9. The van der Waals surface area contributed by atoms with Crippen molar-refractivity contribution in [3.63, 3.8) is 0 Å². The van der Waals surface area contributed by atoms with E-state index in [2.05, 4.69) is 21.2 Å². The molecular weight excluding hydrogens is 554 g/mol. The molecule has 1 aliphatic rings. The number of hydrogen-bond donors (Lipinski definition) is 1. The van der Waals surface area contributed by atoms with Crippen molar-refractivity contribution in [3.8, 4) is 0 Å². The zero-order valence-corrected chi connectivity index (χ0v) is 23.4. The van der Waals surface area contributed by atoms with Crippen LogP contribution in [0.5, 0.6) is 0 Å². The fourth-order valence-electron chi connectivity index (χ4n) is 5.11. The molecule has 0 bridgehead atoms. The maximum absolute atomic E-state index is 14.2. The van der Waals surface area contributed by atoms with Gasteiger partial charge >= 0.3 is 0 Å². The van der Waals surface area contributed by atoms with Crippen LogP contribution in [0.1, 0.15) is 34.8 Å². The summed E-state index contributed by atoms with van der Waals surface area (Å²) in [7, 11) is 0. The summed E-state index contributed by atoms with van der Waals surface area (Å²) in [6.45, 7) is 2.58. The minimum atomic E-state index is -0.749. The molecule has 0 fully saturated rings. The molecule has 1 N–H and O–H groups in total. The van der Waals surface area contributed by atoms with Crippen molar-refractivity contribution in [2.45, 2.75) is 32.4 Å². The first-order valence-corrected chi connectivity index (χ1v) is 13.9. The third-order valence-corrected chi connectivity index (χ3v) is 7.50. The van der Waals surface area contributed by atoms with E-state index < -0.39 is 6.04 Å². The highest BCUT2D eigenvalue weighted by Crippen LogP contribution is 2.37. The van der Waals surface area contributed by atoms with Crippen molar-refractivity contribution in [1.29, 1.82) is 0 Å². The number of carbonyl (C=O) groups is 3. The maximum atomic E-state index is 14.2. The molecule has 0 saturated heterocycles. The molecule has 3 amide bonds. The van der Waals surface area contributed by atoms with E-state index in [0.29, 0.717) is 18.5 Å². The molecule has 4 aromatic carbocycles. The Kier molecular flexibility index (Phi) is 8.07. The Morgan fingerprint density at radius 1 is 0.923 bits per heavy atom. The van der Waals surface area contributed by atoms with Gasteiger partial charge in [0.2, 0.25) is 11.8 Å². The van der Waals surface area contributed by atoms with Crippen LogP contribution < -0.4 is 10.2 Å². The average molecular weight is 585 g/mol. The van der Waals surface area contributed by atoms with Gasteiger partial charge in [-0.25, -0.2) is 0 Å². The van der Waals surface area contributed by atoms with Crippen LogP contribution in [0.15, 0.2) is 95.5 Å². The Bertz CT molecular complexity index is 1520. The number of rotatable bonds is 10. The van der Waals surface area contributed by atoms with Gasteiger partial charge < -0.3 is 10.2 Å². The molecule has 0 aliphatic carbocycles. The minimum Gasteiger partial charge on any atom is -0.354 e. The van der Waals surface area contributed by atoms with E-state index in [0.717, 1.165) is 38.5 Å². The van der Waals surface area contributed by atoms with Gasteiger partial charge in [0, 0.05) is 34.9 Å². The number of benzene rings is 4. The van der Waals surface area contributed by atoms with Crippen LogP contribution in [0.25, 0.3) is 10.8 Å². The van der Waals surface area contributed by atoms with E-state index >= 15 is 0 Å². The first-order chi connectivity index (χ1) is 19.0. The predicted octanol–water partition coefficient (Wildman–Crippen LogP) is 5.73. The van der Waals surface area contributed by atoms with Crippen LogP contribution in [-0.2, 0) is 22.6 Å². The molecule has 5 rings (SSSR count). The van der Waals surface area contributed by atoms with Crippen molar-refractivity contribution in [2.75, 3.05) is 18.0 Å². The zero-order chi connectivity index (χ0) is 27.4. The van der Waals surface area contributed by atoms with Crippen molar-refractivity contribution >= 4 is 50.1 Å². The summed E-state index contributed by atoms with van der Waals surface area (Å²) in [6, 6.07) is 28.0. The Morgan fingerprint density at radius 3 is 2.38 bits per heavy atom. The first-order valence-electron chi connectivity index (χ1n) is 13.2. The van der Waals surface area contributed by atoms with E-state index in [1.54, 1.807) is 11.0 Å². The fourth-order valence-corrected chi connectivity index (χ4v) is 5.56. The number of hydrogen-bond acceptors (Lipinski definition) is 3. The molecule has 1 heterocycles. The van der Waals surface area contributed by atoms with E-state index in [-0.39, 0.29) is 30.8 Å². The monoisotopic (exact) mass is 583 g/mol. The lowest BCUT2D eigenvalue weighted by Gasteiger charge is -2.33. The SMILES string of the molecule is CCCNC(=O)[C@H](Cc1ccccc1)N(Cc1cccc(Br)c1)C(=O)CN1C(=O)c2cccc3cccc1c23. The molecule has 7 heteroatoms. The van der Waals surface area contributed by atoms with Gasteiger partial charge in [-0.1, -0.05) is 89.6 Å². The van der Waals surface area contributed by atoms with Gasteiger partial charge in [0.05, 0.1) is 5.69 Å². The number of anilines is 1. The second-order valence-corrected chi connectivity index (χ2v) is 10.6. The van der Waals surface area contributed by atoms with Crippen LogP contribution in [0.2, 0.25) is 0 Å². The number of carbonyl (C=O) groups excluding carboxylic acids is 3. The highest BCUT2D eigenvalue weighted by molar-refractivity contribution is 9.10. The third-order valence-electron chi connectivity index (χ3n) is 7.00. The second-order valence-electron chi connectivity index (χ2n) is 9.72. The molecule has 4 aromatic rings. The highest BCUT2D eigenvalue weighted by Gasteiger charge is 2.35. The first kappa shape index (κ1) is 26.6. The smallest absolute Gasteiger partial charge is 0.259 e. The lowest BCUT2D eigenvalue weighted by molar-refractivity contribution is -0.140. The quantitative estimate of drug-likeness (QED) is 0.259. The molecule has 6 nitrogen and oxygen atoms in total. The lowest BCUT2D eigenvalue weighted by Crippen LogP contribution is -2.53. The Labute approximate surface area is 236 Å². The van der Waals surface area contributed by atoms with Gasteiger partial charge in [-0.15, -0.1) is 0 Å². The van der Waals surface area contributed by atoms with Crippen LogP contribution in [0, 0.1) is 0 Å². The second kappa shape index (κ2) is 11.8. The van der Waals surface area contributed by atoms with Crippen LogP contribution in [-0.4, -0.2) is 41.8 Å². The molecule has 0 saturated carbocycles. The average Bonchev–Trinajstić information content (AvgIpc) is 3.22. The summed E-state index contributed by atoms with van der Waals surface area (Å²) in [5.41, 5.74) is 3.16. The van der Waals surface area contributed by atoms with E-state index in [9.17, 15) is 14.4 Å².